The molecule has 2 amide bonds. The number of aliphatic hydroxyl groups is 2. The van der Waals surface area contributed by atoms with Crippen molar-refractivity contribution in [1.82, 2.24) is 10.6 Å². The fraction of sp³-hybridized carbons (Fsp3) is 0.367. The number of carbonyl (C=O) groups excluding carboxylic acids is 1. The van der Waals surface area contributed by atoms with E-state index in [1.165, 1.54) is 0 Å². The third-order valence-corrected chi connectivity index (χ3v) is 7.44. The van der Waals surface area contributed by atoms with Crippen molar-refractivity contribution in [2.75, 3.05) is 24.7 Å². The highest BCUT2D eigenvalue weighted by molar-refractivity contribution is 7.99. The summed E-state index contributed by atoms with van der Waals surface area (Å²) in [6.07, 6.45) is 0.00974. The number of amides is 2. The number of rotatable bonds is 11. The van der Waals surface area contributed by atoms with E-state index in [9.17, 15) is 15.0 Å². The fourth-order valence-corrected chi connectivity index (χ4v) is 5.21. The molecule has 0 saturated carbocycles. The normalized spacial score (nSPS) is 19.2. The van der Waals surface area contributed by atoms with Crippen LogP contribution < -0.4 is 10.6 Å². The number of nitrogens with one attached hydrogen (secondary N) is 2. The van der Waals surface area contributed by atoms with Crippen molar-refractivity contribution >= 4 is 17.8 Å². The van der Waals surface area contributed by atoms with Gasteiger partial charge in [-0.15, -0.1) is 0 Å². The molecule has 4 rings (SSSR count). The lowest BCUT2D eigenvalue weighted by Gasteiger charge is -2.36. The Morgan fingerprint density at radius 1 is 0.921 bits per heavy atom. The predicted octanol–water partition coefficient (Wildman–Crippen LogP) is 4.94. The first-order valence-corrected chi connectivity index (χ1v) is 14.1. The second kappa shape index (κ2) is 14.3. The number of carbonyl (C=O) groups is 1. The average molecular weight is 537 g/mol. The Labute approximate surface area is 228 Å². The second-order valence-electron chi connectivity index (χ2n) is 9.19. The topological polar surface area (TPSA) is 100 Å². The van der Waals surface area contributed by atoms with E-state index in [1.807, 2.05) is 55.5 Å². The molecule has 3 aromatic carbocycles. The van der Waals surface area contributed by atoms with Gasteiger partial charge in [0.05, 0.1) is 25.4 Å². The van der Waals surface area contributed by atoms with E-state index in [1.54, 1.807) is 11.8 Å². The number of hydrogen-bond acceptors (Lipinski definition) is 6. The zero-order valence-electron chi connectivity index (χ0n) is 21.6. The number of hydrogen-bond donors (Lipinski definition) is 4. The number of benzene rings is 3. The minimum absolute atomic E-state index is 0.00789. The van der Waals surface area contributed by atoms with E-state index in [-0.39, 0.29) is 31.5 Å². The Kier molecular flexibility index (Phi) is 10.6. The van der Waals surface area contributed by atoms with Crippen LogP contribution in [0.5, 0.6) is 0 Å². The average Bonchev–Trinajstić information content (AvgIpc) is 2.96. The minimum Gasteiger partial charge on any atom is -0.396 e. The summed E-state index contributed by atoms with van der Waals surface area (Å²) in [6, 6.07) is 24.0. The number of ether oxygens (including phenoxy) is 2. The standard InChI is InChI=1S/C30H36N2O5S/c1-2-31-30(35)32-18-22-5-3-6-24(15-22)25-7-4-8-26(16-25)29-36-27(20-38-14-13-33)17-28(37-29)23-11-9-21(19-34)10-12-23/h3-12,15-16,27-29,33-34H,2,13-14,17-20H2,1H3,(H2,31,32,35). The second-order valence-corrected chi connectivity index (χ2v) is 10.3. The van der Waals surface area contributed by atoms with Crippen LogP contribution in [0.4, 0.5) is 4.79 Å². The lowest BCUT2D eigenvalue weighted by molar-refractivity contribution is -0.245. The van der Waals surface area contributed by atoms with Gasteiger partial charge < -0.3 is 30.3 Å². The summed E-state index contributed by atoms with van der Waals surface area (Å²) in [4.78, 5) is 11.8. The molecule has 1 aliphatic heterocycles. The molecule has 3 aromatic rings. The summed E-state index contributed by atoms with van der Waals surface area (Å²) in [6.45, 7) is 3.06. The quantitative estimate of drug-likeness (QED) is 0.259. The van der Waals surface area contributed by atoms with Crippen molar-refractivity contribution in [3.8, 4) is 11.1 Å². The molecule has 1 aliphatic rings. The Balaban J connectivity index is 1.53. The predicted molar refractivity (Wildman–Crippen MR) is 151 cm³/mol. The summed E-state index contributed by atoms with van der Waals surface area (Å²) < 4.78 is 12.9. The SMILES string of the molecule is CCNC(=O)NCc1cccc(-c2cccc(C3OC(CSCCO)CC(c4ccc(CO)cc4)O3)c2)c1. The Hall–Kier alpha value is -2.88. The van der Waals surface area contributed by atoms with Gasteiger partial charge in [-0.2, -0.15) is 11.8 Å². The summed E-state index contributed by atoms with van der Waals surface area (Å²) in [7, 11) is 0. The molecule has 3 atom stereocenters. The zero-order chi connectivity index (χ0) is 26.7. The lowest BCUT2D eigenvalue weighted by Crippen LogP contribution is -2.34. The molecule has 0 spiro atoms. The first kappa shape index (κ1) is 28.1. The number of aliphatic hydroxyl groups excluding tert-OH is 2. The lowest BCUT2D eigenvalue weighted by atomic mass is 9.99. The summed E-state index contributed by atoms with van der Waals surface area (Å²) in [5.41, 5.74) is 5.94. The molecule has 4 N–H and O–H groups in total. The first-order chi connectivity index (χ1) is 18.6. The molecule has 0 radical (unpaired) electrons. The largest absolute Gasteiger partial charge is 0.396 e. The Morgan fingerprint density at radius 2 is 1.68 bits per heavy atom. The molecule has 3 unspecified atom stereocenters. The van der Waals surface area contributed by atoms with Gasteiger partial charge in [-0.25, -0.2) is 4.79 Å². The van der Waals surface area contributed by atoms with E-state index in [2.05, 4.69) is 34.9 Å². The fourth-order valence-electron chi connectivity index (χ4n) is 4.43. The molecule has 1 fully saturated rings. The van der Waals surface area contributed by atoms with Crippen LogP contribution in [0.3, 0.4) is 0 Å². The van der Waals surface area contributed by atoms with Crippen LogP contribution in [-0.2, 0) is 22.6 Å². The monoisotopic (exact) mass is 536 g/mol. The van der Waals surface area contributed by atoms with Crippen LogP contribution in [0.15, 0.2) is 72.8 Å². The van der Waals surface area contributed by atoms with Gasteiger partial charge in [-0.3, -0.25) is 0 Å². The molecule has 202 valence electrons. The minimum atomic E-state index is -0.534. The molecule has 0 aromatic heterocycles. The summed E-state index contributed by atoms with van der Waals surface area (Å²) in [5, 5.41) is 24.2. The maximum Gasteiger partial charge on any atom is 0.315 e. The zero-order valence-corrected chi connectivity index (χ0v) is 22.5. The highest BCUT2D eigenvalue weighted by Gasteiger charge is 2.32. The van der Waals surface area contributed by atoms with Gasteiger partial charge in [0.1, 0.15) is 0 Å². The van der Waals surface area contributed by atoms with Crippen molar-refractivity contribution in [2.24, 2.45) is 0 Å². The van der Waals surface area contributed by atoms with E-state index >= 15 is 0 Å². The van der Waals surface area contributed by atoms with Gasteiger partial charge in [0.15, 0.2) is 6.29 Å². The van der Waals surface area contributed by atoms with Gasteiger partial charge in [-0.1, -0.05) is 60.7 Å². The van der Waals surface area contributed by atoms with E-state index in [0.717, 1.165) is 39.1 Å². The van der Waals surface area contributed by atoms with Gasteiger partial charge in [0, 0.05) is 36.6 Å². The van der Waals surface area contributed by atoms with Gasteiger partial charge in [0.25, 0.3) is 0 Å². The van der Waals surface area contributed by atoms with Crippen molar-refractivity contribution in [2.45, 2.75) is 45.0 Å². The molecule has 0 bridgehead atoms. The molecular formula is C30H36N2O5S. The Morgan fingerprint density at radius 3 is 2.42 bits per heavy atom. The number of thioether (sulfide) groups is 1. The molecular weight excluding hydrogens is 500 g/mol. The van der Waals surface area contributed by atoms with E-state index < -0.39 is 6.29 Å². The van der Waals surface area contributed by atoms with Gasteiger partial charge >= 0.3 is 6.03 Å². The van der Waals surface area contributed by atoms with Crippen LogP contribution in [-0.4, -0.2) is 47.0 Å². The van der Waals surface area contributed by atoms with Crippen LogP contribution in [0.1, 0.15) is 48.0 Å². The van der Waals surface area contributed by atoms with Crippen LogP contribution in [0, 0.1) is 0 Å². The molecule has 38 heavy (non-hydrogen) atoms. The Bertz CT molecular complexity index is 1170. The third-order valence-electron chi connectivity index (χ3n) is 6.36. The summed E-state index contributed by atoms with van der Waals surface area (Å²) in [5.74, 6) is 1.44. The third kappa shape index (κ3) is 7.82. The molecule has 1 heterocycles. The van der Waals surface area contributed by atoms with E-state index in [4.69, 9.17) is 9.47 Å². The molecule has 7 nitrogen and oxygen atoms in total. The van der Waals surface area contributed by atoms with Crippen molar-refractivity contribution in [3.63, 3.8) is 0 Å². The van der Waals surface area contributed by atoms with Crippen molar-refractivity contribution in [3.05, 3.63) is 95.1 Å². The summed E-state index contributed by atoms with van der Waals surface area (Å²) >= 11 is 1.67. The van der Waals surface area contributed by atoms with E-state index in [0.29, 0.717) is 25.3 Å². The maximum absolute atomic E-state index is 11.8. The highest BCUT2D eigenvalue weighted by atomic mass is 32.2. The van der Waals surface area contributed by atoms with Crippen LogP contribution in [0.25, 0.3) is 11.1 Å². The van der Waals surface area contributed by atoms with Gasteiger partial charge in [0.2, 0.25) is 0 Å². The number of urea groups is 1. The molecule has 8 heteroatoms. The maximum atomic E-state index is 11.8. The first-order valence-electron chi connectivity index (χ1n) is 13.0. The van der Waals surface area contributed by atoms with Gasteiger partial charge in [-0.05, 0) is 46.9 Å². The highest BCUT2D eigenvalue weighted by Crippen LogP contribution is 2.39. The molecule has 1 saturated heterocycles. The van der Waals surface area contributed by atoms with Crippen molar-refractivity contribution in [1.29, 1.82) is 0 Å². The molecule has 0 aliphatic carbocycles. The van der Waals surface area contributed by atoms with Crippen molar-refractivity contribution < 1.29 is 24.5 Å². The van der Waals surface area contributed by atoms with Crippen LogP contribution in [0.2, 0.25) is 0 Å². The smallest absolute Gasteiger partial charge is 0.315 e. The van der Waals surface area contributed by atoms with Crippen LogP contribution >= 0.6 is 11.8 Å².